The molecule has 2 aromatic rings. The lowest BCUT2D eigenvalue weighted by atomic mass is 9.76. The van der Waals surface area contributed by atoms with E-state index in [0.29, 0.717) is 5.56 Å². The molecule has 0 unspecified atom stereocenters. The molecular formula is C23H23N3O3. The van der Waals surface area contributed by atoms with Crippen LogP contribution >= 0.6 is 0 Å². The Kier molecular flexibility index (Phi) is 4.34. The predicted molar refractivity (Wildman–Crippen MR) is 111 cm³/mol. The molecule has 148 valence electrons. The molecule has 0 bridgehead atoms. The fraction of sp³-hybridized carbons (Fsp3) is 0.348. The summed E-state index contributed by atoms with van der Waals surface area (Å²) in [6.07, 6.45) is 7.43. The van der Waals surface area contributed by atoms with Gasteiger partial charge in [0.15, 0.2) is 0 Å². The summed E-state index contributed by atoms with van der Waals surface area (Å²) in [6, 6.07) is 12.8. The van der Waals surface area contributed by atoms with E-state index in [1.54, 1.807) is 12.1 Å². The number of carbonyl (C=O) groups excluding carboxylic acids is 1. The second-order valence-electron chi connectivity index (χ2n) is 8.10. The molecule has 29 heavy (non-hydrogen) atoms. The van der Waals surface area contributed by atoms with Gasteiger partial charge in [-0.15, -0.1) is 0 Å². The van der Waals surface area contributed by atoms with Crippen LogP contribution in [0.2, 0.25) is 0 Å². The molecule has 6 heteroatoms. The van der Waals surface area contributed by atoms with Gasteiger partial charge in [-0.1, -0.05) is 36.4 Å². The standard InChI is InChI=1S/C23H23N3O3/c27-23(25-12-1-2-13-25)20-11-5-10-19-17-8-4-9-18(17)21(24-22(19)20)15-6-3-7-16(14-15)26(28)29/h3-8,10-11,14,17-18,21,24H,1-2,9,12-13H2/t17-,18+,21-/m1/s1. The van der Waals surface area contributed by atoms with Crippen LogP contribution in [0.15, 0.2) is 54.6 Å². The van der Waals surface area contributed by atoms with Crippen molar-refractivity contribution in [2.45, 2.75) is 31.2 Å². The van der Waals surface area contributed by atoms with Gasteiger partial charge in [-0.3, -0.25) is 14.9 Å². The highest BCUT2D eigenvalue weighted by Gasteiger charge is 2.40. The largest absolute Gasteiger partial charge is 0.377 e. The number of anilines is 1. The molecule has 1 N–H and O–H groups in total. The van der Waals surface area contributed by atoms with Crippen molar-refractivity contribution in [1.29, 1.82) is 0 Å². The first kappa shape index (κ1) is 17.9. The summed E-state index contributed by atoms with van der Waals surface area (Å²) in [7, 11) is 0. The minimum atomic E-state index is -0.354. The number of likely N-dealkylation sites (tertiary alicyclic amines) is 1. The number of non-ortho nitro benzene ring substituents is 1. The van der Waals surface area contributed by atoms with Gasteiger partial charge < -0.3 is 10.2 Å². The average molecular weight is 389 g/mol. The van der Waals surface area contributed by atoms with E-state index in [1.807, 2.05) is 23.1 Å². The molecule has 5 rings (SSSR count). The number of nitro benzene ring substituents is 1. The SMILES string of the molecule is O=C(c1cccc2c1N[C@H](c1cccc([N+](=O)[O-])c1)[C@H]1CC=C[C@@H]21)N1CCCC1. The highest BCUT2D eigenvalue weighted by Crippen LogP contribution is 2.51. The second-order valence-corrected chi connectivity index (χ2v) is 8.10. The molecule has 3 atom stereocenters. The van der Waals surface area contributed by atoms with Gasteiger partial charge in [0, 0.05) is 31.1 Å². The van der Waals surface area contributed by atoms with Crippen LogP contribution < -0.4 is 5.32 Å². The Labute approximate surface area is 169 Å². The molecule has 0 spiro atoms. The van der Waals surface area contributed by atoms with Gasteiger partial charge in [0.25, 0.3) is 11.6 Å². The van der Waals surface area contributed by atoms with Crippen LogP contribution in [-0.2, 0) is 0 Å². The maximum Gasteiger partial charge on any atom is 0.269 e. The van der Waals surface area contributed by atoms with E-state index in [1.165, 1.54) is 6.07 Å². The van der Waals surface area contributed by atoms with Crippen LogP contribution in [0.4, 0.5) is 11.4 Å². The number of para-hydroxylation sites is 1. The van der Waals surface area contributed by atoms with Gasteiger partial charge in [-0.25, -0.2) is 0 Å². The van der Waals surface area contributed by atoms with E-state index in [4.69, 9.17) is 0 Å². The Bertz CT molecular complexity index is 1010. The summed E-state index contributed by atoms with van der Waals surface area (Å²) in [6.45, 7) is 1.62. The summed E-state index contributed by atoms with van der Waals surface area (Å²) in [5.41, 5.74) is 3.73. The smallest absolute Gasteiger partial charge is 0.269 e. The lowest BCUT2D eigenvalue weighted by Gasteiger charge is -2.38. The number of benzene rings is 2. The van der Waals surface area contributed by atoms with E-state index in [0.717, 1.165) is 49.2 Å². The molecule has 2 aliphatic heterocycles. The number of amides is 1. The van der Waals surface area contributed by atoms with Gasteiger partial charge in [0.05, 0.1) is 22.2 Å². The lowest BCUT2D eigenvalue weighted by Crippen LogP contribution is -2.33. The number of carbonyl (C=O) groups is 1. The highest BCUT2D eigenvalue weighted by atomic mass is 16.6. The molecule has 1 aliphatic carbocycles. The first-order valence-corrected chi connectivity index (χ1v) is 10.2. The number of nitrogens with zero attached hydrogens (tertiary/aromatic N) is 2. The van der Waals surface area contributed by atoms with E-state index >= 15 is 0 Å². The summed E-state index contributed by atoms with van der Waals surface area (Å²) in [4.78, 5) is 26.0. The summed E-state index contributed by atoms with van der Waals surface area (Å²) >= 11 is 0. The minimum absolute atomic E-state index is 0.0741. The molecule has 0 aromatic heterocycles. The number of fused-ring (bicyclic) bond motifs is 3. The first-order valence-electron chi connectivity index (χ1n) is 10.2. The quantitative estimate of drug-likeness (QED) is 0.471. The molecule has 1 saturated heterocycles. The van der Waals surface area contributed by atoms with Crippen LogP contribution in [0.3, 0.4) is 0 Å². The van der Waals surface area contributed by atoms with Crippen molar-refractivity contribution >= 4 is 17.3 Å². The zero-order valence-electron chi connectivity index (χ0n) is 16.1. The fourth-order valence-electron chi connectivity index (χ4n) is 5.05. The Morgan fingerprint density at radius 1 is 1.14 bits per heavy atom. The van der Waals surface area contributed by atoms with Crippen molar-refractivity contribution in [2.75, 3.05) is 18.4 Å². The van der Waals surface area contributed by atoms with Crippen LogP contribution in [0.1, 0.15) is 52.7 Å². The van der Waals surface area contributed by atoms with Crippen molar-refractivity contribution in [3.05, 3.63) is 81.4 Å². The van der Waals surface area contributed by atoms with Crippen molar-refractivity contribution < 1.29 is 9.72 Å². The van der Waals surface area contributed by atoms with Gasteiger partial charge in [0.1, 0.15) is 0 Å². The minimum Gasteiger partial charge on any atom is -0.377 e. The molecular weight excluding hydrogens is 366 g/mol. The third-order valence-corrected chi connectivity index (χ3v) is 6.46. The number of hydrogen-bond acceptors (Lipinski definition) is 4. The Morgan fingerprint density at radius 3 is 2.72 bits per heavy atom. The molecule has 0 radical (unpaired) electrons. The van der Waals surface area contributed by atoms with Crippen LogP contribution in [0.5, 0.6) is 0 Å². The first-order chi connectivity index (χ1) is 14.1. The van der Waals surface area contributed by atoms with Crippen molar-refractivity contribution in [3.63, 3.8) is 0 Å². The van der Waals surface area contributed by atoms with E-state index < -0.39 is 0 Å². The van der Waals surface area contributed by atoms with E-state index in [2.05, 4.69) is 23.5 Å². The number of rotatable bonds is 3. The summed E-state index contributed by atoms with van der Waals surface area (Å²) in [5.74, 6) is 0.563. The Morgan fingerprint density at radius 2 is 1.93 bits per heavy atom. The molecule has 2 heterocycles. The monoisotopic (exact) mass is 389 g/mol. The zero-order chi connectivity index (χ0) is 20.0. The van der Waals surface area contributed by atoms with Gasteiger partial charge in [-0.05, 0) is 42.4 Å². The summed E-state index contributed by atoms with van der Waals surface area (Å²) < 4.78 is 0. The maximum absolute atomic E-state index is 13.2. The van der Waals surface area contributed by atoms with E-state index in [-0.39, 0.29) is 34.4 Å². The van der Waals surface area contributed by atoms with Crippen LogP contribution in [0, 0.1) is 16.0 Å². The van der Waals surface area contributed by atoms with Gasteiger partial charge in [-0.2, -0.15) is 0 Å². The predicted octanol–water partition coefficient (Wildman–Crippen LogP) is 4.66. The Hall–Kier alpha value is -3.15. The number of hydrogen-bond donors (Lipinski definition) is 1. The number of allylic oxidation sites excluding steroid dienone is 2. The molecule has 6 nitrogen and oxygen atoms in total. The highest BCUT2D eigenvalue weighted by molar-refractivity contribution is 6.01. The molecule has 1 fully saturated rings. The topological polar surface area (TPSA) is 75.5 Å². The van der Waals surface area contributed by atoms with Gasteiger partial charge in [0.2, 0.25) is 0 Å². The van der Waals surface area contributed by atoms with Crippen molar-refractivity contribution in [2.24, 2.45) is 5.92 Å². The van der Waals surface area contributed by atoms with Crippen LogP contribution in [-0.4, -0.2) is 28.8 Å². The van der Waals surface area contributed by atoms with Crippen LogP contribution in [0.25, 0.3) is 0 Å². The molecule has 0 saturated carbocycles. The zero-order valence-corrected chi connectivity index (χ0v) is 16.1. The van der Waals surface area contributed by atoms with Gasteiger partial charge >= 0.3 is 0 Å². The third-order valence-electron chi connectivity index (χ3n) is 6.46. The summed E-state index contributed by atoms with van der Waals surface area (Å²) in [5, 5.41) is 14.9. The second kappa shape index (κ2) is 7.03. The molecule has 2 aromatic carbocycles. The molecule has 1 amide bonds. The number of nitrogens with one attached hydrogen (secondary N) is 1. The fourth-order valence-corrected chi connectivity index (χ4v) is 5.05. The Balaban J connectivity index is 1.57. The third kappa shape index (κ3) is 2.99. The molecule has 3 aliphatic rings. The van der Waals surface area contributed by atoms with Crippen molar-refractivity contribution in [1.82, 2.24) is 4.90 Å². The van der Waals surface area contributed by atoms with E-state index in [9.17, 15) is 14.9 Å². The van der Waals surface area contributed by atoms with Crippen molar-refractivity contribution in [3.8, 4) is 0 Å². The lowest BCUT2D eigenvalue weighted by molar-refractivity contribution is -0.384. The number of nitro groups is 1. The maximum atomic E-state index is 13.2. The normalized spacial score (nSPS) is 24.7. The average Bonchev–Trinajstić information content (AvgIpc) is 3.44.